The summed E-state index contributed by atoms with van der Waals surface area (Å²) in [6.07, 6.45) is 0.107. The Morgan fingerprint density at radius 2 is 1.72 bits per heavy atom. The smallest absolute Gasteiger partial charge is 0.246 e. The van der Waals surface area contributed by atoms with E-state index in [-0.39, 0.29) is 17.1 Å². The second-order valence-electron chi connectivity index (χ2n) is 6.66. The van der Waals surface area contributed by atoms with Gasteiger partial charge in [-0.2, -0.15) is 9.57 Å². The van der Waals surface area contributed by atoms with Crippen LogP contribution >= 0.6 is 23.2 Å². The van der Waals surface area contributed by atoms with E-state index in [1.54, 1.807) is 30.3 Å². The number of sulfonamides is 1. The van der Waals surface area contributed by atoms with Crippen LogP contribution in [0.25, 0.3) is 0 Å². The molecule has 0 amide bonds. The lowest BCUT2D eigenvalue weighted by Crippen LogP contribution is -2.48. The molecule has 1 aliphatic heterocycles. The topological polar surface area (TPSA) is 73.6 Å². The normalized spacial score (nSPS) is 15.8. The fourth-order valence-corrected chi connectivity index (χ4v) is 5.27. The second kappa shape index (κ2) is 9.33. The van der Waals surface area contributed by atoms with E-state index in [0.717, 1.165) is 6.54 Å². The van der Waals surface area contributed by atoms with E-state index in [0.29, 0.717) is 47.5 Å². The van der Waals surface area contributed by atoms with E-state index in [1.165, 1.54) is 10.4 Å². The zero-order valence-electron chi connectivity index (χ0n) is 15.9. The third kappa shape index (κ3) is 5.21. The molecule has 1 aliphatic rings. The Kier molecular flexibility index (Phi) is 7.04. The molecule has 0 spiro atoms. The summed E-state index contributed by atoms with van der Waals surface area (Å²) in [5.41, 5.74) is 0.606. The van der Waals surface area contributed by atoms with Crippen LogP contribution in [0.15, 0.2) is 41.3 Å². The molecule has 0 N–H and O–H groups in total. The molecular weight excluding hydrogens is 433 g/mol. The predicted molar refractivity (Wildman–Crippen MR) is 113 cm³/mol. The molecule has 2 aromatic carbocycles. The molecule has 1 saturated heterocycles. The standard InChI is InChI=1S/C20H21Cl2N3O3S/c1-2-24-7-9-25(10-8-24)29(26,27)20-11-15(5-6-23)3-4-19(20)28-18-13-16(21)12-17(22)14-18/h3-4,11-14H,2,5,7-10H2,1H3. The van der Waals surface area contributed by atoms with Gasteiger partial charge in [-0.3, -0.25) is 0 Å². The number of benzene rings is 2. The highest BCUT2D eigenvalue weighted by Gasteiger charge is 2.31. The van der Waals surface area contributed by atoms with Crippen LogP contribution in [0.3, 0.4) is 0 Å². The minimum absolute atomic E-state index is 0.0336. The van der Waals surface area contributed by atoms with Crippen LogP contribution in [0, 0.1) is 11.3 Å². The van der Waals surface area contributed by atoms with Gasteiger partial charge in [0.15, 0.2) is 0 Å². The lowest BCUT2D eigenvalue weighted by Gasteiger charge is -2.33. The molecule has 0 unspecified atom stereocenters. The number of nitriles is 1. The van der Waals surface area contributed by atoms with Crippen LogP contribution in [-0.2, 0) is 16.4 Å². The first-order valence-corrected chi connectivity index (χ1v) is 11.4. The fourth-order valence-electron chi connectivity index (χ4n) is 3.18. The molecule has 0 bridgehead atoms. The van der Waals surface area contributed by atoms with Gasteiger partial charge >= 0.3 is 0 Å². The molecule has 0 atom stereocenters. The van der Waals surface area contributed by atoms with Crippen LogP contribution in [0.5, 0.6) is 11.5 Å². The Hall–Kier alpha value is -1.82. The summed E-state index contributed by atoms with van der Waals surface area (Å²) in [7, 11) is -3.80. The first-order valence-electron chi connectivity index (χ1n) is 9.20. The maximum absolute atomic E-state index is 13.4. The van der Waals surface area contributed by atoms with Crippen LogP contribution < -0.4 is 4.74 Å². The summed E-state index contributed by atoms with van der Waals surface area (Å²) < 4.78 is 34.1. The van der Waals surface area contributed by atoms with Gasteiger partial charge in [-0.1, -0.05) is 36.2 Å². The first-order chi connectivity index (χ1) is 13.8. The summed E-state index contributed by atoms with van der Waals surface area (Å²) in [5, 5.41) is 9.77. The van der Waals surface area contributed by atoms with E-state index in [9.17, 15) is 8.42 Å². The van der Waals surface area contributed by atoms with Gasteiger partial charge in [0, 0.05) is 36.2 Å². The van der Waals surface area contributed by atoms with E-state index in [2.05, 4.69) is 11.8 Å². The lowest BCUT2D eigenvalue weighted by molar-refractivity contribution is 0.196. The largest absolute Gasteiger partial charge is 0.456 e. The Balaban J connectivity index is 1.98. The zero-order chi connectivity index (χ0) is 21.0. The van der Waals surface area contributed by atoms with Gasteiger partial charge in [0.1, 0.15) is 16.4 Å². The van der Waals surface area contributed by atoms with E-state index >= 15 is 0 Å². The lowest BCUT2D eigenvalue weighted by atomic mass is 10.1. The molecule has 2 aromatic rings. The highest BCUT2D eigenvalue weighted by molar-refractivity contribution is 7.89. The predicted octanol–water partition coefficient (Wildman–Crippen LogP) is 4.18. The number of nitrogens with zero attached hydrogens (tertiary/aromatic N) is 3. The fraction of sp³-hybridized carbons (Fsp3) is 0.350. The Morgan fingerprint density at radius 3 is 2.31 bits per heavy atom. The summed E-state index contributed by atoms with van der Waals surface area (Å²) in [5.74, 6) is 0.505. The summed E-state index contributed by atoms with van der Waals surface area (Å²) in [6.45, 7) is 5.09. The van der Waals surface area contributed by atoms with Gasteiger partial charge in [0.2, 0.25) is 10.0 Å². The SMILES string of the molecule is CCN1CCN(S(=O)(=O)c2cc(CC#N)ccc2Oc2cc(Cl)cc(Cl)c2)CC1. The van der Waals surface area contributed by atoms with E-state index < -0.39 is 10.0 Å². The van der Waals surface area contributed by atoms with E-state index in [4.69, 9.17) is 33.2 Å². The summed E-state index contributed by atoms with van der Waals surface area (Å²) in [6, 6.07) is 11.5. The van der Waals surface area contributed by atoms with Crippen molar-refractivity contribution in [3.05, 3.63) is 52.0 Å². The molecule has 3 rings (SSSR count). The minimum atomic E-state index is -3.80. The number of hydrogen-bond donors (Lipinski definition) is 0. The van der Waals surface area contributed by atoms with Gasteiger partial charge < -0.3 is 9.64 Å². The van der Waals surface area contributed by atoms with Gasteiger partial charge in [-0.15, -0.1) is 0 Å². The highest BCUT2D eigenvalue weighted by atomic mass is 35.5. The monoisotopic (exact) mass is 453 g/mol. The Labute approximate surface area is 181 Å². The Morgan fingerprint density at radius 1 is 1.07 bits per heavy atom. The van der Waals surface area contributed by atoms with Crippen molar-refractivity contribution < 1.29 is 13.2 Å². The molecule has 9 heteroatoms. The third-order valence-corrected chi connectivity index (χ3v) is 7.11. The van der Waals surface area contributed by atoms with Gasteiger partial charge in [0.25, 0.3) is 0 Å². The number of piperazine rings is 1. The molecule has 0 saturated carbocycles. The van der Waals surface area contributed by atoms with Gasteiger partial charge in [-0.25, -0.2) is 8.42 Å². The van der Waals surface area contributed by atoms with Crippen LogP contribution in [0.4, 0.5) is 0 Å². The van der Waals surface area contributed by atoms with Gasteiger partial charge in [-0.05, 0) is 42.4 Å². The average molecular weight is 454 g/mol. The van der Waals surface area contributed by atoms with Crippen molar-refractivity contribution in [3.8, 4) is 17.6 Å². The van der Waals surface area contributed by atoms with Gasteiger partial charge in [0.05, 0.1) is 12.5 Å². The number of rotatable bonds is 6. The van der Waals surface area contributed by atoms with Crippen LogP contribution in [-0.4, -0.2) is 50.3 Å². The number of hydrogen-bond acceptors (Lipinski definition) is 5. The van der Waals surface area contributed by atoms with E-state index in [1.807, 2.05) is 6.07 Å². The number of halogens is 2. The minimum Gasteiger partial charge on any atom is -0.456 e. The molecule has 154 valence electrons. The van der Waals surface area contributed by atoms with Crippen molar-refractivity contribution in [2.75, 3.05) is 32.7 Å². The second-order valence-corrected chi connectivity index (χ2v) is 9.44. The summed E-state index contributed by atoms with van der Waals surface area (Å²) in [4.78, 5) is 2.23. The Bertz CT molecular complexity index is 1010. The van der Waals surface area contributed by atoms with Crippen LogP contribution in [0.2, 0.25) is 10.0 Å². The quantitative estimate of drug-likeness (QED) is 0.655. The molecule has 29 heavy (non-hydrogen) atoms. The molecule has 6 nitrogen and oxygen atoms in total. The van der Waals surface area contributed by atoms with Crippen molar-refractivity contribution >= 4 is 33.2 Å². The molecule has 1 fully saturated rings. The maximum atomic E-state index is 13.4. The summed E-state index contributed by atoms with van der Waals surface area (Å²) >= 11 is 12.1. The van der Waals surface area contributed by atoms with Crippen molar-refractivity contribution in [3.63, 3.8) is 0 Å². The zero-order valence-corrected chi connectivity index (χ0v) is 18.3. The van der Waals surface area contributed by atoms with Crippen molar-refractivity contribution in [1.29, 1.82) is 5.26 Å². The molecule has 0 radical (unpaired) electrons. The average Bonchev–Trinajstić information content (AvgIpc) is 2.68. The van der Waals surface area contributed by atoms with Crippen molar-refractivity contribution in [1.82, 2.24) is 9.21 Å². The number of likely N-dealkylation sites (N-methyl/N-ethyl adjacent to an activating group) is 1. The third-order valence-electron chi connectivity index (χ3n) is 4.75. The first kappa shape index (κ1) is 21.9. The molecule has 1 heterocycles. The maximum Gasteiger partial charge on any atom is 0.246 e. The number of ether oxygens (including phenoxy) is 1. The van der Waals surface area contributed by atoms with Crippen molar-refractivity contribution in [2.24, 2.45) is 0 Å². The highest BCUT2D eigenvalue weighted by Crippen LogP contribution is 2.34. The van der Waals surface area contributed by atoms with Crippen LogP contribution in [0.1, 0.15) is 12.5 Å². The van der Waals surface area contributed by atoms with Crippen molar-refractivity contribution in [2.45, 2.75) is 18.2 Å². The molecule has 0 aromatic heterocycles. The molecule has 0 aliphatic carbocycles. The molecular formula is C20H21Cl2N3O3S.